The zero-order valence-corrected chi connectivity index (χ0v) is 12.0. The zero-order valence-electron chi connectivity index (χ0n) is 11.2. The van der Waals surface area contributed by atoms with Crippen LogP contribution in [0.4, 0.5) is 14.5 Å². The number of nitrogens with one attached hydrogen (secondary N) is 2. The molecule has 1 amide bonds. The number of hydrogen-bond donors (Lipinski definition) is 2. The Labute approximate surface area is 125 Å². The molecule has 2 rings (SSSR count). The van der Waals surface area contributed by atoms with Crippen LogP contribution in [-0.4, -0.2) is 13.0 Å². The summed E-state index contributed by atoms with van der Waals surface area (Å²) in [5.74, 6) is -2.17. The molecule has 0 unspecified atom stereocenters. The second-order valence-electron chi connectivity index (χ2n) is 4.37. The minimum Gasteiger partial charge on any atom is -0.383 e. The molecule has 0 atom stereocenters. The van der Waals surface area contributed by atoms with Crippen LogP contribution in [0.2, 0.25) is 5.02 Å². The maximum Gasteiger partial charge on any atom is 0.251 e. The predicted molar refractivity (Wildman–Crippen MR) is 78.5 cm³/mol. The van der Waals surface area contributed by atoms with Crippen molar-refractivity contribution in [3.05, 3.63) is 64.2 Å². The van der Waals surface area contributed by atoms with Gasteiger partial charge in [0.2, 0.25) is 0 Å². The maximum atomic E-state index is 13.6. The molecule has 0 saturated heterocycles. The lowest BCUT2D eigenvalue weighted by atomic mass is 10.1. The van der Waals surface area contributed by atoms with Gasteiger partial charge in [-0.15, -0.1) is 0 Å². The van der Waals surface area contributed by atoms with Crippen molar-refractivity contribution in [3.8, 4) is 0 Å². The highest BCUT2D eigenvalue weighted by molar-refractivity contribution is 6.30. The van der Waals surface area contributed by atoms with E-state index in [0.29, 0.717) is 5.02 Å². The Kier molecular flexibility index (Phi) is 4.75. The molecule has 0 saturated carbocycles. The van der Waals surface area contributed by atoms with E-state index >= 15 is 0 Å². The third-order valence-corrected chi connectivity index (χ3v) is 3.17. The first kappa shape index (κ1) is 15.3. The molecule has 0 aliphatic carbocycles. The van der Waals surface area contributed by atoms with Gasteiger partial charge in [0.15, 0.2) is 0 Å². The lowest BCUT2D eigenvalue weighted by Gasteiger charge is -2.09. The van der Waals surface area contributed by atoms with Gasteiger partial charge in [0.1, 0.15) is 17.3 Å². The first-order valence-electron chi connectivity index (χ1n) is 6.20. The fourth-order valence-corrected chi connectivity index (χ4v) is 1.96. The van der Waals surface area contributed by atoms with Gasteiger partial charge in [-0.1, -0.05) is 23.7 Å². The number of anilines is 1. The summed E-state index contributed by atoms with van der Waals surface area (Å²) in [6, 6.07) is 8.90. The van der Waals surface area contributed by atoms with Gasteiger partial charge in [-0.05, 0) is 29.8 Å². The number of carbonyl (C=O) groups excluding carboxylic acids is 1. The molecule has 0 fully saturated rings. The standard InChI is InChI=1S/C15H13ClF2N2O/c1-19-14-12(17)6-10(7-13(14)18)15(21)20-8-9-2-4-11(16)5-3-9/h2-7,19H,8H2,1H3,(H,20,21). The van der Waals surface area contributed by atoms with Gasteiger partial charge in [-0.25, -0.2) is 8.78 Å². The Morgan fingerprint density at radius 2 is 1.71 bits per heavy atom. The lowest BCUT2D eigenvalue weighted by Crippen LogP contribution is -2.23. The molecule has 0 spiro atoms. The Bertz CT molecular complexity index is 636. The summed E-state index contributed by atoms with van der Waals surface area (Å²) in [5, 5.41) is 5.58. The smallest absolute Gasteiger partial charge is 0.251 e. The molecule has 21 heavy (non-hydrogen) atoms. The van der Waals surface area contributed by atoms with Gasteiger partial charge in [0, 0.05) is 24.2 Å². The molecule has 0 aliphatic rings. The number of carbonyl (C=O) groups is 1. The first-order chi connectivity index (χ1) is 10.0. The summed E-state index contributed by atoms with van der Waals surface area (Å²) in [7, 11) is 1.40. The van der Waals surface area contributed by atoms with Crippen LogP contribution in [0.5, 0.6) is 0 Å². The van der Waals surface area contributed by atoms with Crippen molar-refractivity contribution in [1.82, 2.24) is 5.32 Å². The van der Waals surface area contributed by atoms with E-state index < -0.39 is 17.5 Å². The molecular weight excluding hydrogens is 298 g/mol. The summed E-state index contributed by atoms with van der Waals surface area (Å²) < 4.78 is 27.2. The fourth-order valence-electron chi connectivity index (χ4n) is 1.83. The summed E-state index contributed by atoms with van der Waals surface area (Å²) in [6.07, 6.45) is 0. The largest absolute Gasteiger partial charge is 0.383 e. The topological polar surface area (TPSA) is 41.1 Å². The molecule has 3 nitrogen and oxygen atoms in total. The zero-order chi connectivity index (χ0) is 15.4. The summed E-state index contributed by atoms with van der Waals surface area (Å²) >= 11 is 5.76. The molecule has 0 heterocycles. The molecule has 2 aromatic rings. The van der Waals surface area contributed by atoms with E-state index in [-0.39, 0.29) is 17.8 Å². The first-order valence-corrected chi connectivity index (χ1v) is 6.58. The minimum absolute atomic E-state index is 0.0713. The minimum atomic E-state index is -0.811. The third-order valence-electron chi connectivity index (χ3n) is 2.92. The number of halogens is 3. The summed E-state index contributed by atoms with van der Waals surface area (Å²) in [4.78, 5) is 11.9. The van der Waals surface area contributed by atoms with Crippen molar-refractivity contribution in [1.29, 1.82) is 0 Å². The quantitative estimate of drug-likeness (QED) is 0.906. The fraction of sp³-hybridized carbons (Fsp3) is 0.133. The summed E-state index contributed by atoms with van der Waals surface area (Å²) in [6.45, 7) is 0.243. The van der Waals surface area contributed by atoms with Crippen molar-refractivity contribution in [2.45, 2.75) is 6.54 Å². The van der Waals surface area contributed by atoms with Crippen LogP contribution < -0.4 is 10.6 Å². The number of rotatable bonds is 4. The highest BCUT2D eigenvalue weighted by Crippen LogP contribution is 2.20. The lowest BCUT2D eigenvalue weighted by molar-refractivity contribution is 0.0950. The molecule has 2 N–H and O–H groups in total. The van der Waals surface area contributed by atoms with Crippen LogP contribution in [0.3, 0.4) is 0 Å². The SMILES string of the molecule is CNc1c(F)cc(C(=O)NCc2ccc(Cl)cc2)cc1F. The van der Waals surface area contributed by atoms with Crippen LogP contribution in [0.15, 0.2) is 36.4 Å². The Balaban J connectivity index is 2.08. The molecule has 110 valence electrons. The second-order valence-corrected chi connectivity index (χ2v) is 4.81. The van der Waals surface area contributed by atoms with Crippen LogP contribution in [0.1, 0.15) is 15.9 Å². The third kappa shape index (κ3) is 3.70. The predicted octanol–water partition coefficient (Wildman–Crippen LogP) is 3.59. The average Bonchev–Trinajstić information content (AvgIpc) is 2.46. The Morgan fingerprint density at radius 1 is 1.14 bits per heavy atom. The van der Waals surface area contributed by atoms with Crippen molar-refractivity contribution in [2.75, 3.05) is 12.4 Å². The number of hydrogen-bond acceptors (Lipinski definition) is 2. The van der Waals surface area contributed by atoms with Crippen molar-refractivity contribution in [3.63, 3.8) is 0 Å². The van der Waals surface area contributed by atoms with Crippen LogP contribution >= 0.6 is 11.6 Å². The van der Waals surface area contributed by atoms with Crippen LogP contribution in [0.25, 0.3) is 0 Å². The van der Waals surface area contributed by atoms with Gasteiger partial charge < -0.3 is 10.6 Å². The summed E-state index contributed by atoms with van der Waals surface area (Å²) in [5.41, 5.74) is 0.503. The van der Waals surface area contributed by atoms with Crippen molar-refractivity contribution >= 4 is 23.2 Å². The van der Waals surface area contributed by atoms with Crippen LogP contribution in [0, 0.1) is 11.6 Å². The van der Waals surface area contributed by atoms with E-state index in [0.717, 1.165) is 17.7 Å². The molecule has 2 aromatic carbocycles. The highest BCUT2D eigenvalue weighted by Gasteiger charge is 2.14. The normalized spacial score (nSPS) is 10.3. The van der Waals surface area contributed by atoms with Crippen molar-refractivity contribution < 1.29 is 13.6 Å². The van der Waals surface area contributed by atoms with Gasteiger partial charge >= 0.3 is 0 Å². The van der Waals surface area contributed by atoms with Gasteiger partial charge in [-0.3, -0.25) is 4.79 Å². The van der Waals surface area contributed by atoms with E-state index in [1.165, 1.54) is 7.05 Å². The Hall–Kier alpha value is -2.14. The van der Waals surface area contributed by atoms with Crippen LogP contribution in [-0.2, 0) is 6.54 Å². The van der Waals surface area contributed by atoms with Crippen molar-refractivity contribution in [2.24, 2.45) is 0 Å². The molecule has 6 heteroatoms. The monoisotopic (exact) mass is 310 g/mol. The number of amides is 1. The van der Waals surface area contributed by atoms with E-state index in [1.807, 2.05) is 0 Å². The molecule has 0 bridgehead atoms. The average molecular weight is 311 g/mol. The molecule has 0 aliphatic heterocycles. The van der Waals surface area contributed by atoms with Gasteiger partial charge in [0.05, 0.1) is 0 Å². The second kappa shape index (κ2) is 6.54. The van der Waals surface area contributed by atoms with E-state index in [1.54, 1.807) is 24.3 Å². The van der Waals surface area contributed by atoms with E-state index in [4.69, 9.17) is 11.6 Å². The van der Waals surface area contributed by atoms with E-state index in [2.05, 4.69) is 10.6 Å². The number of benzene rings is 2. The molecule has 0 radical (unpaired) electrons. The Morgan fingerprint density at radius 3 is 2.24 bits per heavy atom. The molecular formula is C15H13ClF2N2O. The molecule has 0 aromatic heterocycles. The highest BCUT2D eigenvalue weighted by atomic mass is 35.5. The van der Waals surface area contributed by atoms with E-state index in [9.17, 15) is 13.6 Å². The van der Waals surface area contributed by atoms with Gasteiger partial charge in [-0.2, -0.15) is 0 Å². The van der Waals surface area contributed by atoms with Gasteiger partial charge in [0.25, 0.3) is 5.91 Å². The maximum absolute atomic E-state index is 13.6.